The SMILES string of the molecule is NC(=O)CC1CCN(C[B-](F)(F)F)CC1. The molecule has 2 N–H and O–H groups in total. The molecule has 1 aliphatic rings. The lowest BCUT2D eigenvalue weighted by molar-refractivity contribution is -0.119. The van der Waals surface area contributed by atoms with Crippen molar-refractivity contribution in [2.24, 2.45) is 11.7 Å². The lowest BCUT2D eigenvalue weighted by Crippen LogP contribution is -2.43. The molecule has 1 rings (SSSR count). The summed E-state index contributed by atoms with van der Waals surface area (Å²) in [5.41, 5.74) is 5.03. The molecule has 0 unspecified atom stereocenters. The van der Waals surface area contributed by atoms with Crippen molar-refractivity contribution < 1.29 is 17.7 Å². The van der Waals surface area contributed by atoms with E-state index in [0.29, 0.717) is 32.4 Å². The van der Waals surface area contributed by atoms with Crippen LogP contribution in [0.5, 0.6) is 0 Å². The minimum absolute atomic E-state index is 0.166. The van der Waals surface area contributed by atoms with E-state index >= 15 is 0 Å². The number of rotatable bonds is 4. The molecule has 1 fully saturated rings. The highest BCUT2D eigenvalue weighted by atomic mass is 19.4. The van der Waals surface area contributed by atoms with Gasteiger partial charge in [-0.1, -0.05) is 0 Å². The number of hydrogen-bond donors (Lipinski definition) is 1. The van der Waals surface area contributed by atoms with E-state index in [2.05, 4.69) is 0 Å². The van der Waals surface area contributed by atoms with Gasteiger partial charge in [-0.3, -0.25) is 4.79 Å². The van der Waals surface area contributed by atoms with Crippen molar-refractivity contribution in [2.75, 3.05) is 19.5 Å². The van der Waals surface area contributed by atoms with Crippen molar-refractivity contribution in [3.05, 3.63) is 0 Å². The Labute approximate surface area is 86.9 Å². The number of piperidine rings is 1. The molecule has 0 aliphatic carbocycles. The normalized spacial score (nSPS) is 20.5. The second-order valence-corrected chi connectivity index (χ2v) is 4.12. The van der Waals surface area contributed by atoms with E-state index in [1.165, 1.54) is 4.90 Å². The molecule has 0 spiro atoms. The minimum Gasteiger partial charge on any atom is -0.448 e. The molecule has 88 valence electrons. The van der Waals surface area contributed by atoms with Crippen LogP contribution >= 0.6 is 0 Å². The van der Waals surface area contributed by atoms with Gasteiger partial charge in [0.1, 0.15) is 0 Å². The summed E-state index contributed by atoms with van der Waals surface area (Å²) in [5, 5.41) is 0. The summed E-state index contributed by atoms with van der Waals surface area (Å²) in [4.78, 5) is 12.0. The van der Waals surface area contributed by atoms with E-state index in [-0.39, 0.29) is 11.8 Å². The summed E-state index contributed by atoms with van der Waals surface area (Å²) in [6, 6.07) is 0. The first kappa shape index (κ1) is 12.4. The highest BCUT2D eigenvalue weighted by Crippen LogP contribution is 2.22. The molecule has 1 heterocycles. The van der Waals surface area contributed by atoms with Gasteiger partial charge >= 0.3 is 6.98 Å². The van der Waals surface area contributed by atoms with Crippen LogP contribution in [0.1, 0.15) is 19.3 Å². The zero-order chi connectivity index (χ0) is 11.5. The first-order chi connectivity index (χ1) is 6.87. The van der Waals surface area contributed by atoms with E-state index < -0.39 is 13.4 Å². The van der Waals surface area contributed by atoms with Crippen molar-refractivity contribution in [1.29, 1.82) is 0 Å². The number of halogens is 3. The number of carbonyl (C=O) groups is 1. The fourth-order valence-corrected chi connectivity index (χ4v) is 1.95. The highest BCUT2D eigenvalue weighted by Gasteiger charge is 2.29. The first-order valence-electron chi connectivity index (χ1n) is 5.08. The molecule has 0 aromatic rings. The van der Waals surface area contributed by atoms with Crippen molar-refractivity contribution in [3.63, 3.8) is 0 Å². The van der Waals surface area contributed by atoms with Gasteiger partial charge < -0.3 is 23.6 Å². The standard InChI is InChI=1S/C8H15BF3N2O/c10-9(11,12)6-14-3-1-7(2-4-14)5-8(13)15/h7H,1-6H2,(H2,13,15)/q-1. The monoisotopic (exact) mass is 223 g/mol. The van der Waals surface area contributed by atoms with Gasteiger partial charge in [0.25, 0.3) is 0 Å². The molecule has 0 radical (unpaired) electrons. The molecule has 7 heteroatoms. The molecular formula is C8H15BF3N2O-. The maximum absolute atomic E-state index is 12.1. The van der Waals surface area contributed by atoms with Crippen LogP contribution in [0.15, 0.2) is 0 Å². The van der Waals surface area contributed by atoms with Crippen LogP contribution in [-0.4, -0.2) is 37.3 Å². The second kappa shape index (κ2) is 4.87. The average Bonchev–Trinajstić information content (AvgIpc) is 2.05. The van der Waals surface area contributed by atoms with E-state index in [0.717, 1.165) is 0 Å². The molecule has 0 bridgehead atoms. The van der Waals surface area contributed by atoms with E-state index in [1.54, 1.807) is 0 Å². The Balaban J connectivity index is 2.27. The number of hydrogen-bond acceptors (Lipinski definition) is 2. The predicted molar refractivity (Wildman–Crippen MR) is 52.1 cm³/mol. The molecule has 0 saturated carbocycles. The quantitative estimate of drug-likeness (QED) is 0.721. The van der Waals surface area contributed by atoms with Gasteiger partial charge in [0.15, 0.2) is 0 Å². The van der Waals surface area contributed by atoms with Crippen molar-refractivity contribution >= 4 is 12.9 Å². The molecule has 0 atom stereocenters. The Morgan fingerprint density at radius 1 is 1.33 bits per heavy atom. The lowest BCUT2D eigenvalue weighted by Gasteiger charge is -2.34. The Morgan fingerprint density at radius 3 is 2.27 bits per heavy atom. The van der Waals surface area contributed by atoms with Crippen LogP contribution in [0.3, 0.4) is 0 Å². The second-order valence-electron chi connectivity index (χ2n) is 4.12. The number of nitrogens with two attached hydrogens (primary N) is 1. The van der Waals surface area contributed by atoms with Crippen molar-refractivity contribution in [1.82, 2.24) is 4.90 Å². The Hall–Kier alpha value is -0.715. The third-order valence-electron chi connectivity index (χ3n) is 2.66. The molecule has 1 aliphatic heterocycles. The molecule has 0 aromatic heterocycles. The van der Waals surface area contributed by atoms with Gasteiger partial charge in [0.05, 0.1) is 0 Å². The van der Waals surface area contributed by atoms with Gasteiger partial charge in [0.2, 0.25) is 5.91 Å². The van der Waals surface area contributed by atoms with Gasteiger partial charge in [-0.15, -0.1) is 0 Å². The molecule has 3 nitrogen and oxygen atoms in total. The number of amides is 1. The maximum atomic E-state index is 12.1. The van der Waals surface area contributed by atoms with E-state index in [9.17, 15) is 17.7 Å². The smallest absolute Gasteiger partial charge is 0.448 e. The third-order valence-corrected chi connectivity index (χ3v) is 2.66. The average molecular weight is 223 g/mol. The molecule has 0 aromatic carbocycles. The fourth-order valence-electron chi connectivity index (χ4n) is 1.95. The topological polar surface area (TPSA) is 46.3 Å². The maximum Gasteiger partial charge on any atom is 0.492 e. The van der Waals surface area contributed by atoms with E-state index in [4.69, 9.17) is 5.73 Å². The largest absolute Gasteiger partial charge is 0.492 e. The summed E-state index contributed by atoms with van der Waals surface area (Å²) in [6.07, 6.45) is 0.776. The molecule has 1 saturated heterocycles. The summed E-state index contributed by atoms with van der Waals surface area (Å²) in [6.45, 7) is -3.90. The van der Waals surface area contributed by atoms with Gasteiger partial charge in [0, 0.05) is 6.42 Å². The Kier molecular flexibility index (Phi) is 4.01. The zero-order valence-electron chi connectivity index (χ0n) is 8.46. The van der Waals surface area contributed by atoms with Crippen LogP contribution in [0.4, 0.5) is 12.9 Å². The lowest BCUT2D eigenvalue weighted by atomic mass is 9.87. The number of likely N-dealkylation sites (tertiary alicyclic amines) is 1. The van der Waals surface area contributed by atoms with Gasteiger partial charge in [-0.2, -0.15) is 0 Å². The number of carbonyl (C=O) groups excluding carboxylic acids is 1. The van der Waals surface area contributed by atoms with Crippen LogP contribution in [0.25, 0.3) is 0 Å². The van der Waals surface area contributed by atoms with Crippen molar-refractivity contribution in [2.45, 2.75) is 19.3 Å². The highest BCUT2D eigenvalue weighted by molar-refractivity contribution is 6.58. The van der Waals surface area contributed by atoms with Gasteiger partial charge in [-0.05, 0) is 38.3 Å². The van der Waals surface area contributed by atoms with Crippen LogP contribution in [0.2, 0.25) is 0 Å². The summed E-state index contributed by atoms with van der Waals surface area (Å²) < 4.78 is 36.3. The zero-order valence-corrected chi connectivity index (χ0v) is 8.46. The number of nitrogens with zero attached hydrogens (tertiary/aromatic N) is 1. The minimum atomic E-state index is -4.73. The molecule has 15 heavy (non-hydrogen) atoms. The van der Waals surface area contributed by atoms with Crippen molar-refractivity contribution in [3.8, 4) is 0 Å². The summed E-state index contributed by atoms with van der Waals surface area (Å²) in [5.74, 6) is -0.201. The van der Waals surface area contributed by atoms with Gasteiger partial charge in [-0.25, -0.2) is 0 Å². The summed E-state index contributed by atoms with van der Waals surface area (Å²) in [7, 11) is 0. The predicted octanol–water partition coefficient (Wildman–Crippen LogP) is 0.960. The molecule has 1 amide bonds. The van der Waals surface area contributed by atoms with Crippen LogP contribution in [0, 0.1) is 5.92 Å². The Bertz CT molecular complexity index is 226. The van der Waals surface area contributed by atoms with Crippen LogP contribution in [-0.2, 0) is 4.79 Å². The third kappa shape index (κ3) is 5.06. The van der Waals surface area contributed by atoms with E-state index in [1.807, 2.05) is 0 Å². The Morgan fingerprint density at radius 2 is 1.87 bits per heavy atom. The fraction of sp³-hybridized carbons (Fsp3) is 0.875. The summed E-state index contributed by atoms with van der Waals surface area (Å²) >= 11 is 0. The first-order valence-corrected chi connectivity index (χ1v) is 5.08. The molecular weight excluding hydrogens is 208 g/mol. The van der Waals surface area contributed by atoms with Crippen LogP contribution < -0.4 is 5.73 Å². The number of primary amides is 1.